The molecule has 1 N–H and O–H groups in total. The second-order valence-corrected chi connectivity index (χ2v) is 6.36. The smallest absolute Gasteiger partial charge is 0.322 e. The van der Waals surface area contributed by atoms with Gasteiger partial charge in [0.05, 0.1) is 12.2 Å². The minimum atomic E-state index is -0.171. The van der Waals surface area contributed by atoms with E-state index in [1.54, 1.807) is 0 Å². The number of hydrogen-bond donors (Lipinski definition) is 1. The van der Waals surface area contributed by atoms with Crippen LogP contribution < -0.4 is 5.32 Å². The standard InChI is InChI=1S/C18H17N3O2S/c1-13-7-9-15(10-8-13)24-12-16(22)19-18-21-20-17(23-18)11-14-5-3-2-4-6-14/h2-10H,11-12H2,1H3,(H,19,21,22). The molecule has 6 heteroatoms. The molecule has 3 aromatic rings. The SMILES string of the molecule is Cc1ccc(SCC(=O)Nc2nnc(Cc3ccccc3)o2)cc1. The normalized spacial score (nSPS) is 10.5. The molecular formula is C18H17N3O2S. The molecule has 0 aliphatic heterocycles. The van der Waals surface area contributed by atoms with Crippen molar-refractivity contribution in [2.75, 3.05) is 11.1 Å². The van der Waals surface area contributed by atoms with Crippen LogP contribution in [0.4, 0.5) is 6.01 Å². The fraction of sp³-hybridized carbons (Fsp3) is 0.167. The quantitative estimate of drug-likeness (QED) is 0.694. The number of hydrogen-bond acceptors (Lipinski definition) is 5. The number of nitrogens with one attached hydrogen (secondary N) is 1. The molecule has 0 aliphatic carbocycles. The van der Waals surface area contributed by atoms with Crippen molar-refractivity contribution in [2.45, 2.75) is 18.2 Å². The van der Waals surface area contributed by atoms with Gasteiger partial charge in [0.2, 0.25) is 11.8 Å². The van der Waals surface area contributed by atoms with Gasteiger partial charge in [-0.05, 0) is 24.6 Å². The number of nitrogens with zero attached hydrogens (tertiary/aromatic N) is 2. The van der Waals surface area contributed by atoms with Crippen molar-refractivity contribution in [3.05, 3.63) is 71.6 Å². The summed E-state index contributed by atoms with van der Waals surface area (Å²) >= 11 is 1.46. The van der Waals surface area contributed by atoms with Crippen LogP contribution in [-0.2, 0) is 11.2 Å². The van der Waals surface area contributed by atoms with Gasteiger partial charge in [0.25, 0.3) is 0 Å². The summed E-state index contributed by atoms with van der Waals surface area (Å²) in [6, 6.07) is 18.0. The lowest BCUT2D eigenvalue weighted by Crippen LogP contribution is -2.14. The minimum absolute atomic E-state index is 0.135. The summed E-state index contributed by atoms with van der Waals surface area (Å²) in [4.78, 5) is 13.0. The van der Waals surface area contributed by atoms with Gasteiger partial charge >= 0.3 is 6.01 Å². The fourth-order valence-corrected chi connectivity index (χ4v) is 2.78. The average Bonchev–Trinajstić information content (AvgIpc) is 3.02. The minimum Gasteiger partial charge on any atom is -0.407 e. The molecule has 24 heavy (non-hydrogen) atoms. The van der Waals surface area contributed by atoms with E-state index >= 15 is 0 Å². The zero-order chi connectivity index (χ0) is 16.8. The maximum absolute atomic E-state index is 12.0. The molecule has 0 saturated carbocycles. The molecule has 0 bridgehead atoms. The topological polar surface area (TPSA) is 68.0 Å². The summed E-state index contributed by atoms with van der Waals surface area (Å²) in [5.41, 5.74) is 2.27. The van der Waals surface area contributed by atoms with Gasteiger partial charge in [0.1, 0.15) is 0 Å². The molecule has 1 heterocycles. The number of aromatic nitrogens is 2. The summed E-state index contributed by atoms with van der Waals surface area (Å²) in [6.45, 7) is 2.03. The molecule has 0 fully saturated rings. The van der Waals surface area contributed by atoms with Crippen molar-refractivity contribution in [1.82, 2.24) is 10.2 Å². The van der Waals surface area contributed by atoms with E-state index in [4.69, 9.17) is 4.42 Å². The molecule has 0 radical (unpaired) electrons. The first kappa shape index (κ1) is 16.3. The van der Waals surface area contributed by atoms with Crippen LogP contribution in [0.3, 0.4) is 0 Å². The second-order valence-electron chi connectivity index (χ2n) is 5.31. The molecule has 1 amide bonds. The number of carbonyl (C=O) groups is 1. The Balaban J connectivity index is 1.50. The van der Waals surface area contributed by atoms with Crippen LogP contribution >= 0.6 is 11.8 Å². The molecule has 2 aromatic carbocycles. The van der Waals surface area contributed by atoms with Gasteiger partial charge in [0, 0.05) is 4.90 Å². The Morgan fingerprint density at radius 2 is 1.83 bits per heavy atom. The molecule has 0 aliphatic rings. The first-order valence-electron chi connectivity index (χ1n) is 7.55. The molecule has 0 spiro atoms. The molecule has 5 nitrogen and oxygen atoms in total. The Hall–Kier alpha value is -2.60. The van der Waals surface area contributed by atoms with Crippen LogP contribution in [0.1, 0.15) is 17.0 Å². The second kappa shape index (κ2) is 7.79. The lowest BCUT2D eigenvalue weighted by atomic mass is 10.2. The number of rotatable bonds is 6. The summed E-state index contributed by atoms with van der Waals surface area (Å²) in [6.07, 6.45) is 0.543. The van der Waals surface area contributed by atoms with Crippen molar-refractivity contribution in [3.63, 3.8) is 0 Å². The Bertz CT molecular complexity index is 801. The van der Waals surface area contributed by atoms with Crippen LogP contribution in [0.15, 0.2) is 63.9 Å². The Kier molecular flexibility index (Phi) is 5.28. The summed E-state index contributed by atoms with van der Waals surface area (Å²) in [5, 5.41) is 10.4. The number of thioether (sulfide) groups is 1. The van der Waals surface area contributed by atoms with Gasteiger partial charge in [-0.2, -0.15) is 0 Å². The van der Waals surface area contributed by atoms with Gasteiger partial charge < -0.3 is 4.42 Å². The van der Waals surface area contributed by atoms with E-state index in [0.29, 0.717) is 18.1 Å². The molecule has 122 valence electrons. The summed E-state index contributed by atoms with van der Waals surface area (Å²) < 4.78 is 5.46. The number of anilines is 1. The zero-order valence-electron chi connectivity index (χ0n) is 13.2. The lowest BCUT2D eigenvalue weighted by Gasteiger charge is -2.02. The molecule has 0 unspecified atom stereocenters. The number of amides is 1. The van der Waals surface area contributed by atoms with Crippen LogP contribution in [0.25, 0.3) is 0 Å². The third-order valence-electron chi connectivity index (χ3n) is 3.30. The van der Waals surface area contributed by atoms with Gasteiger partial charge in [-0.25, -0.2) is 0 Å². The van der Waals surface area contributed by atoms with E-state index < -0.39 is 0 Å². The number of benzene rings is 2. The van der Waals surface area contributed by atoms with E-state index in [1.165, 1.54) is 17.3 Å². The first-order chi connectivity index (χ1) is 11.7. The van der Waals surface area contributed by atoms with Gasteiger partial charge in [-0.15, -0.1) is 16.9 Å². The predicted molar refractivity (Wildman–Crippen MR) is 94.1 cm³/mol. The van der Waals surface area contributed by atoms with E-state index in [1.807, 2.05) is 61.5 Å². The molecule has 1 aromatic heterocycles. The summed E-state index contributed by atoms with van der Waals surface area (Å²) in [7, 11) is 0. The highest BCUT2D eigenvalue weighted by Gasteiger charge is 2.10. The van der Waals surface area contributed by atoms with Gasteiger partial charge in [0.15, 0.2) is 0 Å². The Morgan fingerprint density at radius 1 is 1.08 bits per heavy atom. The van der Waals surface area contributed by atoms with Crippen molar-refractivity contribution >= 4 is 23.7 Å². The highest BCUT2D eigenvalue weighted by molar-refractivity contribution is 8.00. The van der Waals surface area contributed by atoms with E-state index in [0.717, 1.165) is 10.5 Å². The highest BCUT2D eigenvalue weighted by atomic mass is 32.2. The Labute approximate surface area is 144 Å². The molecular weight excluding hydrogens is 322 g/mol. The van der Waals surface area contributed by atoms with E-state index in [9.17, 15) is 4.79 Å². The maximum Gasteiger partial charge on any atom is 0.322 e. The van der Waals surface area contributed by atoms with Crippen LogP contribution in [-0.4, -0.2) is 21.9 Å². The van der Waals surface area contributed by atoms with E-state index in [-0.39, 0.29) is 11.9 Å². The van der Waals surface area contributed by atoms with Gasteiger partial charge in [-0.3, -0.25) is 10.1 Å². The van der Waals surface area contributed by atoms with E-state index in [2.05, 4.69) is 15.5 Å². The highest BCUT2D eigenvalue weighted by Crippen LogP contribution is 2.18. The van der Waals surface area contributed by atoms with Crippen LogP contribution in [0.5, 0.6) is 0 Å². The predicted octanol–water partition coefficient (Wildman–Crippen LogP) is 3.70. The zero-order valence-corrected chi connectivity index (χ0v) is 14.0. The monoisotopic (exact) mass is 339 g/mol. The fourth-order valence-electron chi connectivity index (χ4n) is 2.08. The Morgan fingerprint density at radius 3 is 2.58 bits per heavy atom. The molecule has 0 saturated heterocycles. The largest absolute Gasteiger partial charge is 0.407 e. The third kappa shape index (κ3) is 4.70. The van der Waals surface area contributed by atoms with Crippen molar-refractivity contribution < 1.29 is 9.21 Å². The van der Waals surface area contributed by atoms with Crippen molar-refractivity contribution in [3.8, 4) is 0 Å². The maximum atomic E-state index is 12.0. The van der Waals surface area contributed by atoms with Crippen molar-refractivity contribution in [1.29, 1.82) is 0 Å². The van der Waals surface area contributed by atoms with Crippen molar-refractivity contribution in [2.24, 2.45) is 0 Å². The molecule has 3 rings (SSSR count). The number of aryl methyl sites for hydroxylation is 1. The number of carbonyl (C=O) groups excluding carboxylic acids is 1. The summed E-state index contributed by atoms with van der Waals surface area (Å²) in [5.74, 6) is 0.595. The molecule has 0 atom stereocenters. The average molecular weight is 339 g/mol. The first-order valence-corrected chi connectivity index (χ1v) is 8.53. The lowest BCUT2D eigenvalue weighted by molar-refractivity contribution is -0.113. The van der Waals surface area contributed by atoms with Gasteiger partial charge in [-0.1, -0.05) is 53.1 Å². The van der Waals surface area contributed by atoms with Crippen LogP contribution in [0, 0.1) is 6.92 Å². The van der Waals surface area contributed by atoms with Crippen LogP contribution in [0.2, 0.25) is 0 Å². The third-order valence-corrected chi connectivity index (χ3v) is 4.31.